The number of amides is 1. The third-order valence-electron chi connectivity index (χ3n) is 4.44. The third kappa shape index (κ3) is 6.58. The van der Waals surface area contributed by atoms with Crippen molar-refractivity contribution in [3.8, 4) is 11.5 Å². The van der Waals surface area contributed by atoms with Crippen molar-refractivity contribution in [2.75, 3.05) is 24.2 Å². The molecule has 0 aromatic heterocycles. The van der Waals surface area contributed by atoms with Gasteiger partial charge in [0.2, 0.25) is 15.9 Å². The lowest BCUT2D eigenvalue weighted by molar-refractivity contribution is -0.384. The Labute approximate surface area is 187 Å². The van der Waals surface area contributed by atoms with Crippen LogP contribution in [-0.4, -0.2) is 45.3 Å². The molecule has 0 saturated carbocycles. The number of aryl methyl sites for hydroxylation is 1. The van der Waals surface area contributed by atoms with Crippen LogP contribution in [0.15, 0.2) is 36.4 Å². The minimum Gasteiger partial charge on any atom is -0.493 e. The molecule has 0 unspecified atom stereocenters. The average Bonchev–Trinajstić information content (AvgIpc) is 2.70. The molecule has 0 spiro atoms. The van der Waals surface area contributed by atoms with E-state index in [1.807, 2.05) is 13.8 Å². The van der Waals surface area contributed by atoms with Gasteiger partial charge in [-0.25, -0.2) is 8.42 Å². The Morgan fingerprint density at radius 2 is 1.88 bits per heavy atom. The highest BCUT2D eigenvalue weighted by atomic mass is 32.2. The van der Waals surface area contributed by atoms with Crippen molar-refractivity contribution in [2.24, 2.45) is 0 Å². The topological polar surface area (TPSA) is 128 Å². The number of nitro groups is 1. The van der Waals surface area contributed by atoms with Crippen LogP contribution in [0.4, 0.5) is 11.4 Å². The summed E-state index contributed by atoms with van der Waals surface area (Å²) >= 11 is 0. The summed E-state index contributed by atoms with van der Waals surface area (Å²) in [5.74, 6) is 0.514. The van der Waals surface area contributed by atoms with E-state index in [0.717, 1.165) is 22.2 Å². The molecule has 0 aliphatic heterocycles. The molecule has 11 heteroatoms. The van der Waals surface area contributed by atoms with E-state index in [9.17, 15) is 23.3 Å². The van der Waals surface area contributed by atoms with Crippen LogP contribution in [0.1, 0.15) is 25.0 Å². The van der Waals surface area contributed by atoms with Gasteiger partial charge < -0.3 is 14.8 Å². The molecular weight excluding hydrogens is 438 g/mol. The number of carbonyl (C=O) groups is 1. The highest BCUT2D eigenvalue weighted by molar-refractivity contribution is 7.92. The standard InChI is InChI=1S/C21H27N3O7S/c1-14(2)31-19-9-7-16(10-20(19)30-4)12-22-21(25)13-23(32(5,28)29)18-11-17(24(26)27)8-6-15(18)3/h6-11,14H,12-13H2,1-5H3,(H,22,25). The minimum atomic E-state index is -3.88. The summed E-state index contributed by atoms with van der Waals surface area (Å²) in [6.07, 6.45) is 0.908. The number of nitro benzene ring substituents is 1. The molecule has 32 heavy (non-hydrogen) atoms. The first-order chi connectivity index (χ1) is 14.9. The highest BCUT2D eigenvalue weighted by Crippen LogP contribution is 2.29. The predicted molar refractivity (Wildman–Crippen MR) is 121 cm³/mol. The second-order valence-corrected chi connectivity index (χ2v) is 9.33. The van der Waals surface area contributed by atoms with Crippen molar-refractivity contribution in [3.63, 3.8) is 0 Å². The summed E-state index contributed by atoms with van der Waals surface area (Å²) in [6.45, 7) is 5.01. The number of non-ortho nitro benzene ring substituents is 1. The number of hydrogen-bond acceptors (Lipinski definition) is 7. The Balaban J connectivity index is 2.18. The number of hydrogen-bond donors (Lipinski definition) is 1. The van der Waals surface area contributed by atoms with Gasteiger partial charge in [0.15, 0.2) is 11.5 Å². The van der Waals surface area contributed by atoms with Crippen molar-refractivity contribution in [3.05, 3.63) is 57.6 Å². The van der Waals surface area contributed by atoms with E-state index in [0.29, 0.717) is 17.1 Å². The molecular formula is C21H27N3O7S. The number of ether oxygens (including phenoxy) is 2. The Morgan fingerprint density at radius 3 is 2.44 bits per heavy atom. The maximum absolute atomic E-state index is 12.5. The van der Waals surface area contributed by atoms with Gasteiger partial charge in [-0.05, 0) is 44.0 Å². The van der Waals surface area contributed by atoms with Gasteiger partial charge in [0.1, 0.15) is 6.54 Å². The molecule has 0 saturated heterocycles. The lowest BCUT2D eigenvalue weighted by Gasteiger charge is -2.23. The highest BCUT2D eigenvalue weighted by Gasteiger charge is 2.24. The van der Waals surface area contributed by atoms with Gasteiger partial charge in [-0.1, -0.05) is 12.1 Å². The van der Waals surface area contributed by atoms with Gasteiger partial charge in [-0.15, -0.1) is 0 Å². The number of benzene rings is 2. The number of methoxy groups -OCH3 is 1. The van der Waals surface area contributed by atoms with E-state index in [2.05, 4.69) is 5.32 Å². The van der Waals surface area contributed by atoms with Crippen LogP contribution in [0, 0.1) is 17.0 Å². The van der Waals surface area contributed by atoms with Crippen molar-refractivity contribution >= 4 is 27.3 Å². The van der Waals surface area contributed by atoms with Crippen LogP contribution in [0.25, 0.3) is 0 Å². The molecule has 1 amide bonds. The summed E-state index contributed by atoms with van der Waals surface area (Å²) in [6, 6.07) is 9.07. The second kappa shape index (κ2) is 10.3. The monoisotopic (exact) mass is 465 g/mol. The fraction of sp³-hybridized carbons (Fsp3) is 0.381. The van der Waals surface area contributed by atoms with Crippen molar-refractivity contribution < 1.29 is 27.6 Å². The van der Waals surface area contributed by atoms with Gasteiger partial charge >= 0.3 is 0 Å². The number of anilines is 1. The SMILES string of the molecule is COc1cc(CNC(=O)CN(c2cc([N+](=O)[O-])ccc2C)S(C)(=O)=O)ccc1OC(C)C. The molecule has 0 bridgehead atoms. The molecule has 1 N–H and O–H groups in total. The van der Waals surface area contributed by atoms with Gasteiger partial charge in [0, 0.05) is 18.7 Å². The number of carbonyl (C=O) groups excluding carboxylic acids is 1. The molecule has 174 valence electrons. The first-order valence-corrected chi connectivity index (χ1v) is 11.6. The van der Waals surface area contributed by atoms with E-state index in [1.54, 1.807) is 25.1 Å². The molecule has 0 atom stereocenters. The van der Waals surface area contributed by atoms with Crippen LogP contribution < -0.4 is 19.1 Å². The van der Waals surface area contributed by atoms with Crippen LogP contribution >= 0.6 is 0 Å². The largest absolute Gasteiger partial charge is 0.493 e. The maximum atomic E-state index is 12.5. The van der Waals surface area contributed by atoms with Gasteiger partial charge in [0.05, 0.1) is 30.1 Å². The van der Waals surface area contributed by atoms with Gasteiger partial charge in [-0.3, -0.25) is 19.2 Å². The summed E-state index contributed by atoms with van der Waals surface area (Å²) in [4.78, 5) is 23.0. The lowest BCUT2D eigenvalue weighted by Crippen LogP contribution is -2.40. The zero-order valence-corrected chi connectivity index (χ0v) is 19.4. The number of nitrogens with one attached hydrogen (secondary N) is 1. The Hall–Kier alpha value is -3.34. The van der Waals surface area contributed by atoms with Crippen molar-refractivity contribution in [2.45, 2.75) is 33.4 Å². The molecule has 0 aliphatic carbocycles. The Kier molecular flexibility index (Phi) is 8.03. The number of sulfonamides is 1. The summed E-state index contributed by atoms with van der Waals surface area (Å²) in [5, 5.41) is 13.8. The van der Waals surface area contributed by atoms with Gasteiger partial charge in [-0.2, -0.15) is 0 Å². The molecule has 0 heterocycles. The van der Waals surface area contributed by atoms with Crippen molar-refractivity contribution in [1.29, 1.82) is 0 Å². The maximum Gasteiger partial charge on any atom is 0.271 e. The van der Waals surface area contributed by atoms with E-state index < -0.39 is 27.4 Å². The molecule has 0 aliphatic rings. The van der Waals surface area contributed by atoms with Crippen LogP contribution in [0.3, 0.4) is 0 Å². The quantitative estimate of drug-likeness (QED) is 0.422. The molecule has 2 rings (SSSR count). The van der Waals surface area contributed by atoms with E-state index in [1.165, 1.54) is 19.2 Å². The molecule has 2 aromatic carbocycles. The van der Waals surface area contributed by atoms with Gasteiger partial charge in [0.25, 0.3) is 5.69 Å². The predicted octanol–water partition coefficient (Wildman–Crippen LogP) is 2.78. The Morgan fingerprint density at radius 1 is 1.19 bits per heavy atom. The smallest absolute Gasteiger partial charge is 0.271 e. The summed E-state index contributed by atoms with van der Waals surface area (Å²) < 4.78 is 36.5. The molecule has 0 radical (unpaired) electrons. The number of rotatable bonds is 10. The summed E-state index contributed by atoms with van der Waals surface area (Å²) in [5.41, 5.74) is 1.02. The first kappa shape index (κ1) is 24.9. The molecule has 2 aromatic rings. The van der Waals surface area contributed by atoms with Crippen LogP contribution in [-0.2, 0) is 21.4 Å². The lowest BCUT2D eigenvalue weighted by atomic mass is 10.2. The van der Waals surface area contributed by atoms with E-state index >= 15 is 0 Å². The second-order valence-electron chi connectivity index (χ2n) is 7.43. The normalized spacial score (nSPS) is 11.2. The van der Waals surface area contributed by atoms with Crippen molar-refractivity contribution in [1.82, 2.24) is 5.32 Å². The van der Waals surface area contributed by atoms with E-state index in [-0.39, 0.29) is 24.0 Å². The first-order valence-electron chi connectivity index (χ1n) is 9.75. The fourth-order valence-electron chi connectivity index (χ4n) is 2.92. The van der Waals surface area contributed by atoms with Crippen LogP contribution in [0.5, 0.6) is 11.5 Å². The van der Waals surface area contributed by atoms with E-state index in [4.69, 9.17) is 9.47 Å². The fourth-order valence-corrected chi connectivity index (χ4v) is 3.83. The Bertz CT molecular complexity index is 1100. The zero-order valence-electron chi connectivity index (χ0n) is 18.6. The molecule has 10 nitrogen and oxygen atoms in total. The number of nitrogens with zero attached hydrogens (tertiary/aromatic N) is 2. The summed E-state index contributed by atoms with van der Waals surface area (Å²) in [7, 11) is -2.37. The minimum absolute atomic E-state index is 0.0336. The third-order valence-corrected chi connectivity index (χ3v) is 5.57. The molecule has 0 fully saturated rings. The average molecular weight is 466 g/mol. The zero-order chi connectivity index (χ0) is 24.1. The van der Waals surface area contributed by atoms with Crippen LogP contribution in [0.2, 0.25) is 0 Å².